The van der Waals surface area contributed by atoms with E-state index in [1.165, 1.54) is 18.2 Å². The van der Waals surface area contributed by atoms with Crippen LogP contribution in [0.4, 0.5) is 5.69 Å². The lowest BCUT2D eigenvalue weighted by atomic mass is 10.1. The number of hydrogen-bond donors (Lipinski definition) is 4. The fraction of sp³-hybridized carbons (Fsp3) is 0.0667. The number of benzene rings is 2. The first-order valence-corrected chi connectivity index (χ1v) is 8.16. The number of phenols is 2. The van der Waals surface area contributed by atoms with E-state index in [2.05, 4.69) is 5.32 Å². The van der Waals surface area contributed by atoms with Crippen LogP contribution in [0.5, 0.6) is 17.2 Å². The van der Waals surface area contributed by atoms with Crippen molar-refractivity contribution < 1.29 is 37.5 Å². The van der Waals surface area contributed by atoms with Crippen molar-refractivity contribution in [2.45, 2.75) is 11.8 Å². The predicted molar refractivity (Wildman–Crippen MR) is 85.3 cm³/mol. The lowest BCUT2D eigenvalue weighted by Crippen LogP contribution is -2.15. The summed E-state index contributed by atoms with van der Waals surface area (Å²) in [4.78, 5) is 22.4. The Morgan fingerprint density at radius 3 is 2.36 bits per heavy atom. The summed E-state index contributed by atoms with van der Waals surface area (Å²) in [5, 5.41) is 21.8. The first-order valence-electron chi connectivity index (χ1n) is 6.72. The minimum Gasteiger partial charge on any atom is -0.508 e. The molecule has 0 aliphatic heterocycles. The van der Waals surface area contributed by atoms with Crippen LogP contribution in [0.1, 0.15) is 17.3 Å². The number of rotatable bonds is 4. The van der Waals surface area contributed by atoms with Crippen molar-refractivity contribution in [2.75, 3.05) is 5.32 Å². The summed E-state index contributed by atoms with van der Waals surface area (Å²) in [5.41, 5.74) is -0.538. The van der Waals surface area contributed by atoms with E-state index in [1.54, 1.807) is 6.07 Å². The second-order valence-corrected chi connectivity index (χ2v) is 6.25. The highest BCUT2D eigenvalue weighted by Gasteiger charge is 2.24. The van der Waals surface area contributed by atoms with E-state index in [0.29, 0.717) is 6.07 Å². The highest BCUT2D eigenvalue weighted by molar-refractivity contribution is 7.86. The van der Waals surface area contributed by atoms with Gasteiger partial charge in [0.15, 0.2) is 5.75 Å². The molecule has 0 spiro atoms. The molecule has 25 heavy (non-hydrogen) atoms. The van der Waals surface area contributed by atoms with Gasteiger partial charge < -0.3 is 20.3 Å². The SMILES string of the molecule is CC(=O)Oc1ccccc1NC(=O)c1cc(O)cc(S(=O)(=O)O)c1O. The lowest BCUT2D eigenvalue weighted by Gasteiger charge is -2.12. The Morgan fingerprint density at radius 1 is 1.12 bits per heavy atom. The zero-order chi connectivity index (χ0) is 18.8. The number of carbonyl (C=O) groups is 2. The maximum atomic E-state index is 12.3. The fourth-order valence-corrected chi connectivity index (χ4v) is 2.59. The van der Waals surface area contributed by atoms with Crippen molar-refractivity contribution in [1.29, 1.82) is 0 Å². The molecule has 0 unspecified atom stereocenters. The summed E-state index contributed by atoms with van der Waals surface area (Å²) in [6.07, 6.45) is 0. The second kappa shape index (κ2) is 6.79. The molecule has 4 N–H and O–H groups in total. The molecular weight excluding hydrogens is 354 g/mol. The van der Waals surface area contributed by atoms with E-state index >= 15 is 0 Å². The lowest BCUT2D eigenvalue weighted by molar-refractivity contribution is -0.131. The van der Waals surface area contributed by atoms with Gasteiger partial charge in [-0.2, -0.15) is 8.42 Å². The maximum Gasteiger partial charge on any atom is 0.308 e. The Kier molecular flexibility index (Phi) is 4.95. The van der Waals surface area contributed by atoms with Gasteiger partial charge in [-0.05, 0) is 18.2 Å². The van der Waals surface area contributed by atoms with Crippen molar-refractivity contribution in [1.82, 2.24) is 0 Å². The van der Waals surface area contributed by atoms with Gasteiger partial charge in [0.2, 0.25) is 0 Å². The molecule has 2 aromatic rings. The van der Waals surface area contributed by atoms with Crippen LogP contribution in [0.15, 0.2) is 41.3 Å². The molecule has 2 aromatic carbocycles. The van der Waals surface area contributed by atoms with E-state index in [1.807, 2.05) is 0 Å². The number of ether oxygens (including phenoxy) is 1. The van der Waals surface area contributed by atoms with Crippen molar-refractivity contribution in [3.8, 4) is 17.2 Å². The van der Waals surface area contributed by atoms with Gasteiger partial charge in [0.05, 0.1) is 11.3 Å². The molecule has 10 heteroatoms. The molecule has 0 saturated carbocycles. The topological polar surface area (TPSA) is 150 Å². The third-order valence-electron chi connectivity index (χ3n) is 2.97. The first-order chi connectivity index (χ1) is 11.6. The van der Waals surface area contributed by atoms with Crippen molar-refractivity contribution in [3.63, 3.8) is 0 Å². The highest BCUT2D eigenvalue weighted by Crippen LogP contribution is 2.32. The van der Waals surface area contributed by atoms with Gasteiger partial charge in [-0.25, -0.2) is 0 Å². The average molecular weight is 367 g/mol. The van der Waals surface area contributed by atoms with E-state index in [-0.39, 0.29) is 11.4 Å². The zero-order valence-corrected chi connectivity index (χ0v) is 13.6. The Bertz CT molecular complexity index is 952. The molecular formula is C15H13NO8S. The Morgan fingerprint density at radius 2 is 1.76 bits per heavy atom. The zero-order valence-electron chi connectivity index (χ0n) is 12.8. The largest absolute Gasteiger partial charge is 0.508 e. The van der Waals surface area contributed by atoms with Gasteiger partial charge in [-0.1, -0.05) is 12.1 Å². The molecule has 1 amide bonds. The van der Waals surface area contributed by atoms with Crippen molar-refractivity contribution in [2.24, 2.45) is 0 Å². The third kappa shape index (κ3) is 4.25. The minimum atomic E-state index is -4.87. The van der Waals surface area contributed by atoms with E-state index in [4.69, 9.17) is 9.29 Å². The van der Waals surface area contributed by atoms with Gasteiger partial charge in [0.1, 0.15) is 16.4 Å². The quantitative estimate of drug-likeness (QED) is 0.275. The maximum absolute atomic E-state index is 12.3. The van der Waals surface area contributed by atoms with Gasteiger partial charge in [-0.3, -0.25) is 14.1 Å². The molecule has 2 rings (SSSR count). The second-order valence-electron chi connectivity index (χ2n) is 4.86. The first kappa shape index (κ1) is 18.2. The Balaban J connectivity index is 2.44. The van der Waals surface area contributed by atoms with Crippen molar-refractivity contribution in [3.05, 3.63) is 42.0 Å². The van der Waals surface area contributed by atoms with Crippen LogP contribution in [0.2, 0.25) is 0 Å². The number of amides is 1. The van der Waals surface area contributed by atoms with Crippen molar-refractivity contribution >= 4 is 27.7 Å². The number of hydrogen-bond acceptors (Lipinski definition) is 7. The number of aromatic hydroxyl groups is 2. The minimum absolute atomic E-state index is 0.0259. The van der Waals surface area contributed by atoms with Gasteiger partial charge >= 0.3 is 5.97 Å². The monoisotopic (exact) mass is 367 g/mol. The smallest absolute Gasteiger partial charge is 0.308 e. The summed E-state index contributed by atoms with van der Waals surface area (Å²) in [6, 6.07) is 7.30. The number of para-hydroxylation sites is 2. The molecule has 0 saturated heterocycles. The van der Waals surface area contributed by atoms with Gasteiger partial charge in [0.25, 0.3) is 16.0 Å². The number of carbonyl (C=O) groups excluding carboxylic acids is 2. The molecule has 0 fully saturated rings. The molecule has 9 nitrogen and oxygen atoms in total. The fourth-order valence-electron chi connectivity index (χ4n) is 1.97. The van der Waals surface area contributed by atoms with Gasteiger partial charge in [0, 0.05) is 13.0 Å². The van der Waals surface area contributed by atoms with E-state index in [9.17, 15) is 28.2 Å². The summed E-state index contributed by atoms with van der Waals surface area (Å²) >= 11 is 0. The van der Waals surface area contributed by atoms with Crippen LogP contribution in [0.25, 0.3) is 0 Å². The standard InChI is InChI=1S/C15H13NO8S/c1-8(17)24-12-5-3-2-4-11(12)16-15(20)10-6-9(18)7-13(14(10)19)25(21,22)23/h2-7,18-19H,1H3,(H,16,20)(H,21,22,23). The number of esters is 1. The molecule has 0 aromatic heterocycles. The number of anilines is 1. The van der Waals surface area contributed by atoms with Crippen LogP contribution < -0.4 is 10.1 Å². The number of nitrogens with one attached hydrogen (secondary N) is 1. The van der Waals surface area contributed by atoms with E-state index in [0.717, 1.165) is 13.0 Å². The predicted octanol–water partition coefficient (Wildman–Crippen LogP) is 1.52. The summed E-state index contributed by atoms with van der Waals surface area (Å²) in [5.74, 6) is -3.31. The van der Waals surface area contributed by atoms with Crippen LogP contribution in [0, 0.1) is 0 Å². The average Bonchev–Trinajstić information content (AvgIpc) is 2.49. The summed E-state index contributed by atoms with van der Waals surface area (Å²) in [6.45, 7) is 1.16. The summed E-state index contributed by atoms with van der Waals surface area (Å²) in [7, 11) is -4.87. The summed E-state index contributed by atoms with van der Waals surface area (Å²) < 4.78 is 36.4. The molecule has 0 aliphatic rings. The molecule has 0 radical (unpaired) electrons. The molecule has 0 atom stereocenters. The van der Waals surface area contributed by atoms with Crippen LogP contribution >= 0.6 is 0 Å². The molecule has 0 bridgehead atoms. The van der Waals surface area contributed by atoms with E-state index < -0.39 is 44.0 Å². The molecule has 132 valence electrons. The Hall–Kier alpha value is -3.11. The van der Waals surface area contributed by atoms with Gasteiger partial charge in [-0.15, -0.1) is 0 Å². The third-order valence-corrected chi connectivity index (χ3v) is 3.84. The Labute approximate surface area is 142 Å². The molecule has 0 heterocycles. The van der Waals surface area contributed by atoms with Crippen LogP contribution in [-0.4, -0.2) is 35.1 Å². The number of phenolic OH excluding ortho intramolecular Hbond substituents is 2. The van der Waals surface area contributed by atoms with Crippen LogP contribution in [-0.2, 0) is 14.9 Å². The van der Waals surface area contributed by atoms with Crippen LogP contribution in [0.3, 0.4) is 0 Å². The highest BCUT2D eigenvalue weighted by atomic mass is 32.2. The molecule has 0 aliphatic carbocycles. The normalized spacial score (nSPS) is 11.0.